The van der Waals surface area contributed by atoms with E-state index in [1.54, 1.807) is 0 Å². The first-order valence-corrected chi connectivity index (χ1v) is 5.85. The molecule has 4 aliphatic rings. The molecular weight excluding hydrogens is 192 g/mol. The second kappa shape index (κ2) is 2.88. The Morgan fingerprint density at radius 1 is 1.27 bits per heavy atom. The monoisotopic (exact) mass is 210 g/mol. The van der Waals surface area contributed by atoms with E-state index in [0.29, 0.717) is 23.8 Å². The second-order valence-corrected chi connectivity index (χ2v) is 5.76. The Bertz CT molecular complexity index is 289. The first kappa shape index (κ1) is 9.46. The molecule has 4 fully saturated rings. The van der Waals surface area contributed by atoms with Gasteiger partial charge >= 0.3 is 6.09 Å². The van der Waals surface area contributed by atoms with Gasteiger partial charge in [0.05, 0.1) is 0 Å². The number of rotatable bonds is 1. The van der Waals surface area contributed by atoms with Crippen LogP contribution in [0.5, 0.6) is 0 Å². The number of hydrogen-bond acceptors (Lipinski definition) is 2. The van der Waals surface area contributed by atoms with Gasteiger partial charge in [0.1, 0.15) is 0 Å². The van der Waals surface area contributed by atoms with E-state index in [4.69, 9.17) is 10.8 Å². The summed E-state index contributed by atoms with van der Waals surface area (Å²) in [5.74, 6) is 1.83. The topological polar surface area (TPSA) is 75.3 Å². The van der Waals surface area contributed by atoms with Gasteiger partial charge in [-0.1, -0.05) is 0 Å². The summed E-state index contributed by atoms with van der Waals surface area (Å²) in [6.45, 7) is 0. The molecule has 0 heterocycles. The van der Waals surface area contributed by atoms with Gasteiger partial charge in [0.2, 0.25) is 0 Å². The lowest BCUT2D eigenvalue weighted by atomic mass is 9.51. The summed E-state index contributed by atoms with van der Waals surface area (Å²) in [7, 11) is 0. The smallest absolute Gasteiger partial charge is 0.405 e. The fourth-order valence-corrected chi connectivity index (χ4v) is 4.44. The standard InChI is InChI=1S/C11H18N2O2/c12-9-7-1-6-2-8(9)5-11(3-6,4-7)13-10(14)15/h6-9,13H,1-5,12H2,(H,14,15). The van der Waals surface area contributed by atoms with Crippen molar-refractivity contribution in [3.63, 3.8) is 0 Å². The molecule has 84 valence electrons. The molecule has 2 unspecified atom stereocenters. The molecule has 0 spiro atoms. The second-order valence-electron chi connectivity index (χ2n) is 5.76. The average molecular weight is 210 g/mol. The minimum absolute atomic E-state index is 0.127. The number of amides is 1. The third-order valence-corrected chi connectivity index (χ3v) is 4.72. The molecule has 4 aliphatic carbocycles. The first-order valence-electron chi connectivity index (χ1n) is 5.85. The van der Waals surface area contributed by atoms with Crippen LogP contribution in [0, 0.1) is 17.8 Å². The quantitative estimate of drug-likeness (QED) is 0.608. The van der Waals surface area contributed by atoms with Crippen LogP contribution >= 0.6 is 0 Å². The third kappa shape index (κ3) is 1.34. The van der Waals surface area contributed by atoms with Crippen LogP contribution in [-0.4, -0.2) is 22.8 Å². The minimum Gasteiger partial charge on any atom is -0.465 e. The van der Waals surface area contributed by atoms with Gasteiger partial charge in [-0.25, -0.2) is 4.79 Å². The maximum absolute atomic E-state index is 10.8. The van der Waals surface area contributed by atoms with E-state index in [0.717, 1.165) is 19.3 Å². The van der Waals surface area contributed by atoms with E-state index < -0.39 is 6.09 Å². The zero-order valence-corrected chi connectivity index (χ0v) is 8.78. The minimum atomic E-state index is -0.870. The Kier molecular flexibility index (Phi) is 1.81. The summed E-state index contributed by atoms with van der Waals surface area (Å²) in [4.78, 5) is 10.8. The van der Waals surface area contributed by atoms with Crippen LogP contribution in [0.4, 0.5) is 4.79 Å². The third-order valence-electron chi connectivity index (χ3n) is 4.72. The van der Waals surface area contributed by atoms with Crippen LogP contribution < -0.4 is 11.1 Å². The van der Waals surface area contributed by atoms with E-state index in [9.17, 15) is 4.79 Å². The Morgan fingerprint density at radius 2 is 1.87 bits per heavy atom. The molecule has 0 aromatic rings. The largest absolute Gasteiger partial charge is 0.465 e. The molecular formula is C11H18N2O2. The highest BCUT2D eigenvalue weighted by atomic mass is 16.4. The Hall–Kier alpha value is -0.770. The summed E-state index contributed by atoms with van der Waals surface area (Å²) in [5, 5.41) is 11.7. The fourth-order valence-electron chi connectivity index (χ4n) is 4.44. The van der Waals surface area contributed by atoms with E-state index in [1.807, 2.05) is 0 Å². The van der Waals surface area contributed by atoms with Crippen molar-refractivity contribution < 1.29 is 9.90 Å². The van der Waals surface area contributed by atoms with E-state index in [2.05, 4.69) is 5.32 Å². The summed E-state index contributed by atoms with van der Waals surface area (Å²) >= 11 is 0. The molecule has 1 amide bonds. The van der Waals surface area contributed by atoms with Gasteiger partial charge in [-0.2, -0.15) is 0 Å². The van der Waals surface area contributed by atoms with Crippen molar-refractivity contribution in [3.8, 4) is 0 Å². The molecule has 2 atom stereocenters. The van der Waals surface area contributed by atoms with Crippen molar-refractivity contribution >= 4 is 6.09 Å². The Balaban J connectivity index is 1.85. The maximum atomic E-state index is 10.8. The van der Waals surface area contributed by atoms with Crippen molar-refractivity contribution in [2.24, 2.45) is 23.5 Å². The molecule has 4 N–H and O–H groups in total. The van der Waals surface area contributed by atoms with Gasteiger partial charge in [0, 0.05) is 11.6 Å². The molecule has 4 nitrogen and oxygen atoms in total. The van der Waals surface area contributed by atoms with Crippen LogP contribution in [0.1, 0.15) is 32.1 Å². The molecule has 4 rings (SSSR count). The summed E-state index contributed by atoms with van der Waals surface area (Å²) in [5.41, 5.74) is 6.05. The van der Waals surface area contributed by atoms with Gasteiger partial charge < -0.3 is 16.2 Å². The van der Waals surface area contributed by atoms with Crippen molar-refractivity contribution in [1.29, 1.82) is 0 Å². The number of nitrogens with one attached hydrogen (secondary N) is 1. The van der Waals surface area contributed by atoms with E-state index in [-0.39, 0.29) is 5.54 Å². The Labute approximate surface area is 89.2 Å². The predicted molar refractivity (Wildman–Crippen MR) is 55.4 cm³/mol. The van der Waals surface area contributed by atoms with Crippen LogP contribution in [0.3, 0.4) is 0 Å². The molecule has 0 saturated heterocycles. The maximum Gasteiger partial charge on any atom is 0.405 e. The molecule has 4 heteroatoms. The molecule has 0 aromatic carbocycles. The number of nitrogens with two attached hydrogens (primary N) is 1. The molecule has 4 saturated carbocycles. The van der Waals surface area contributed by atoms with Gasteiger partial charge in [0.15, 0.2) is 0 Å². The lowest BCUT2D eigenvalue weighted by Gasteiger charge is -2.59. The van der Waals surface area contributed by atoms with Gasteiger partial charge in [-0.15, -0.1) is 0 Å². The highest BCUT2D eigenvalue weighted by Gasteiger charge is 2.54. The number of hydrogen-bond donors (Lipinski definition) is 3. The van der Waals surface area contributed by atoms with Crippen LogP contribution in [-0.2, 0) is 0 Å². The summed E-state index contributed by atoms with van der Waals surface area (Å²) in [6.07, 6.45) is 4.55. The van der Waals surface area contributed by atoms with Crippen molar-refractivity contribution in [1.82, 2.24) is 5.32 Å². The summed E-state index contributed by atoms with van der Waals surface area (Å²) < 4.78 is 0. The number of carboxylic acid groups (broad SMARTS) is 1. The van der Waals surface area contributed by atoms with Gasteiger partial charge in [-0.05, 0) is 49.9 Å². The summed E-state index contributed by atoms with van der Waals surface area (Å²) in [6, 6.07) is 0.324. The molecule has 15 heavy (non-hydrogen) atoms. The lowest BCUT2D eigenvalue weighted by Crippen LogP contribution is -2.65. The predicted octanol–water partition coefficient (Wildman–Crippen LogP) is 1.16. The average Bonchev–Trinajstić information content (AvgIpc) is 2.10. The van der Waals surface area contributed by atoms with Crippen molar-refractivity contribution in [2.45, 2.75) is 43.7 Å². The lowest BCUT2D eigenvalue weighted by molar-refractivity contribution is -0.0324. The number of carbonyl (C=O) groups is 1. The first-order chi connectivity index (χ1) is 7.08. The zero-order valence-electron chi connectivity index (χ0n) is 8.78. The molecule has 0 aromatic heterocycles. The van der Waals surface area contributed by atoms with Crippen LogP contribution in [0.2, 0.25) is 0 Å². The van der Waals surface area contributed by atoms with E-state index >= 15 is 0 Å². The van der Waals surface area contributed by atoms with Crippen molar-refractivity contribution in [3.05, 3.63) is 0 Å². The fraction of sp³-hybridized carbons (Fsp3) is 0.909. The van der Waals surface area contributed by atoms with Crippen LogP contribution in [0.25, 0.3) is 0 Å². The van der Waals surface area contributed by atoms with Gasteiger partial charge in [0.25, 0.3) is 0 Å². The SMILES string of the molecule is NC1C2CC3CC1CC(NC(=O)O)(C3)C2. The van der Waals surface area contributed by atoms with Gasteiger partial charge in [-0.3, -0.25) is 0 Å². The highest BCUT2D eigenvalue weighted by molar-refractivity contribution is 5.65. The van der Waals surface area contributed by atoms with E-state index in [1.165, 1.54) is 12.8 Å². The highest BCUT2D eigenvalue weighted by Crippen LogP contribution is 2.55. The Morgan fingerprint density at radius 3 is 2.40 bits per heavy atom. The molecule has 4 bridgehead atoms. The van der Waals surface area contributed by atoms with Crippen LogP contribution in [0.15, 0.2) is 0 Å². The van der Waals surface area contributed by atoms with Crippen molar-refractivity contribution in [2.75, 3.05) is 0 Å². The molecule has 0 radical (unpaired) electrons. The zero-order chi connectivity index (χ0) is 10.6. The molecule has 0 aliphatic heterocycles. The normalized spacial score (nSPS) is 51.8.